The van der Waals surface area contributed by atoms with Crippen molar-refractivity contribution >= 4 is 29.3 Å². The van der Waals surface area contributed by atoms with Gasteiger partial charge in [0.15, 0.2) is 0 Å². The topological polar surface area (TPSA) is 134 Å². The van der Waals surface area contributed by atoms with E-state index in [0.717, 1.165) is 4.90 Å². The molecule has 0 radical (unpaired) electrons. The van der Waals surface area contributed by atoms with E-state index in [0.29, 0.717) is 31.9 Å². The SMILES string of the molecule is CC(COC(C)(C)CCO)OCCNc1cccc2c1C(=O)N(C1CCC(=O)NC1=O)C2=O. The molecule has 0 aromatic heterocycles. The van der Waals surface area contributed by atoms with Crippen LogP contribution in [0.15, 0.2) is 18.2 Å². The maximum atomic E-state index is 13.1. The number of amides is 4. The predicted molar refractivity (Wildman–Crippen MR) is 119 cm³/mol. The lowest BCUT2D eigenvalue weighted by atomic mass is 10.0. The van der Waals surface area contributed by atoms with Crippen molar-refractivity contribution in [2.75, 3.05) is 31.7 Å². The van der Waals surface area contributed by atoms with Crippen LogP contribution in [-0.2, 0) is 19.1 Å². The molecule has 1 saturated heterocycles. The zero-order chi connectivity index (χ0) is 24.2. The molecule has 1 aromatic carbocycles. The zero-order valence-corrected chi connectivity index (χ0v) is 19.2. The Morgan fingerprint density at radius 2 is 2.00 bits per heavy atom. The van der Waals surface area contributed by atoms with Crippen LogP contribution < -0.4 is 10.6 Å². The second kappa shape index (κ2) is 10.4. The van der Waals surface area contributed by atoms with Gasteiger partial charge in [0.2, 0.25) is 11.8 Å². The van der Waals surface area contributed by atoms with Crippen LogP contribution in [-0.4, -0.2) is 77.7 Å². The van der Waals surface area contributed by atoms with E-state index in [1.54, 1.807) is 18.2 Å². The Hall–Kier alpha value is -2.82. The summed E-state index contributed by atoms with van der Waals surface area (Å²) < 4.78 is 11.5. The Morgan fingerprint density at radius 3 is 2.70 bits per heavy atom. The molecule has 0 saturated carbocycles. The molecule has 1 fully saturated rings. The minimum absolute atomic E-state index is 0.0513. The number of hydrogen-bond acceptors (Lipinski definition) is 8. The van der Waals surface area contributed by atoms with Gasteiger partial charge in [0.1, 0.15) is 6.04 Å². The highest BCUT2D eigenvalue weighted by atomic mass is 16.5. The monoisotopic (exact) mass is 461 g/mol. The van der Waals surface area contributed by atoms with Gasteiger partial charge in [-0.1, -0.05) is 6.07 Å². The number of aliphatic hydroxyl groups is 1. The highest BCUT2D eigenvalue weighted by Gasteiger charge is 2.45. The molecular formula is C23H31N3O7. The standard InChI is InChI=1S/C23H31N3O7/c1-14(13-33-23(2,3)9-11-27)32-12-10-24-16-6-4-5-15-19(16)22(31)26(21(15)30)17-7-8-18(28)25-20(17)29/h4-6,14,17,24,27H,7-13H2,1-3H3,(H,25,28,29). The second-order valence-electron chi connectivity index (χ2n) is 8.83. The first kappa shape index (κ1) is 24.8. The molecule has 0 bridgehead atoms. The van der Waals surface area contributed by atoms with Gasteiger partial charge in [-0.2, -0.15) is 0 Å². The quantitative estimate of drug-likeness (QED) is 0.329. The summed E-state index contributed by atoms with van der Waals surface area (Å²) in [4.78, 5) is 50.5. The maximum Gasteiger partial charge on any atom is 0.264 e. The molecule has 0 spiro atoms. The summed E-state index contributed by atoms with van der Waals surface area (Å²) >= 11 is 0. The van der Waals surface area contributed by atoms with E-state index in [-0.39, 0.29) is 36.7 Å². The van der Waals surface area contributed by atoms with Gasteiger partial charge in [0.05, 0.1) is 36.0 Å². The molecule has 0 aliphatic carbocycles. The minimum atomic E-state index is -0.998. The number of carbonyl (C=O) groups excluding carboxylic acids is 4. The van der Waals surface area contributed by atoms with Crippen molar-refractivity contribution in [3.63, 3.8) is 0 Å². The number of fused-ring (bicyclic) bond motifs is 1. The van der Waals surface area contributed by atoms with Gasteiger partial charge in [0, 0.05) is 25.3 Å². The van der Waals surface area contributed by atoms with E-state index in [1.807, 2.05) is 20.8 Å². The molecule has 10 heteroatoms. The van der Waals surface area contributed by atoms with Crippen LogP contribution in [0.25, 0.3) is 0 Å². The number of benzene rings is 1. The summed E-state index contributed by atoms with van der Waals surface area (Å²) in [5, 5.41) is 14.4. The molecule has 1 aromatic rings. The molecule has 33 heavy (non-hydrogen) atoms. The Bertz CT molecular complexity index is 931. The normalized spacial score (nSPS) is 19.5. The largest absolute Gasteiger partial charge is 0.396 e. The van der Waals surface area contributed by atoms with Gasteiger partial charge in [-0.15, -0.1) is 0 Å². The van der Waals surface area contributed by atoms with Crippen molar-refractivity contribution in [3.05, 3.63) is 29.3 Å². The fourth-order valence-corrected chi connectivity index (χ4v) is 3.84. The number of rotatable bonds is 11. The molecule has 180 valence electrons. The molecule has 4 amide bonds. The van der Waals surface area contributed by atoms with Gasteiger partial charge >= 0.3 is 0 Å². The first-order valence-corrected chi connectivity index (χ1v) is 11.1. The molecule has 2 aliphatic heterocycles. The first-order chi connectivity index (χ1) is 15.6. The van der Waals surface area contributed by atoms with Crippen LogP contribution in [0, 0.1) is 0 Å². The first-order valence-electron chi connectivity index (χ1n) is 11.1. The zero-order valence-electron chi connectivity index (χ0n) is 19.2. The van der Waals surface area contributed by atoms with E-state index in [9.17, 15) is 19.2 Å². The fraction of sp³-hybridized carbons (Fsp3) is 0.565. The third kappa shape index (κ3) is 5.76. The smallest absolute Gasteiger partial charge is 0.264 e. The number of nitrogens with zero attached hydrogens (tertiary/aromatic N) is 1. The second-order valence-corrected chi connectivity index (χ2v) is 8.83. The molecule has 2 aliphatic rings. The van der Waals surface area contributed by atoms with Crippen molar-refractivity contribution in [1.29, 1.82) is 0 Å². The Morgan fingerprint density at radius 1 is 1.24 bits per heavy atom. The van der Waals surface area contributed by atoms with Crippen molar-refractivity contribution in [2.45, 2.75) is 57.8 Å². The average Bonchev–Trinajstić information content (AvgIpc) is 3.01. The molecule has 2 atom stereocenters. The third-order valence-corrected chi connectivity index (χ3v) is 5.71. The van der Waals surface area contributed by atoms with Crippen LogP contribution in [0.4, 0.5) is 5.69 Å². The number of nitrogens with one attached hydrogen (secondary N) is 2. The molecule has 2 heterocycles. The molecule has 3 N–H and O–H groups in total. The summed E-state index contributed by atoms with van der Waals surface area (Å²) in [6.45, 7) is 6.86. The lowest BCUT2D eigenvalue weighted by molar-refractivity contribution is -0.136. The van der Waals surface area contributed by atoms with Crippen molar-refractivity contribution in [1.82, 2.24) is 10.2 Å². The minimum Gasteiger partial charge on any atom is -0.396 e. The fourth-order valence-electron chi connectivity index (χ4n) is 3.84. The van der Waals surface area contributed by atoms with Crippen LogP contribution in [0.1, 0.15) is 60.7 Å². The summed E-state index contributed by atoms with van der Waals surface area (Å²) in [6, 6.07) is 3.92. The number of ether oxygens (including phenoxy) is 2. The summed E-state index contributed by atoms with van der Waals surface area (Å²) in [6.07, 6.45) is 0.549. The van der Waals surface area contributed by atoms with E-state index >= 15 is 0 Å². The highest BCUT2D eigenvalue weighted by Crippen LogP contribution is 2.32. The molecule has 10 nitrogen and oxygen atoms in total. The van der Waals surface area contributed by atoms with E-state index in [1.165, 1.54) is 0 Å². The van der Waals surface area contributed by atoms with Crippen LogP contribution in [0.5, 0.6) is 0 Å². The van der Waals surface area contributed by atoms with Crippen LogP contribution >= 0.6 is 0 Å². The number of piperidine rings is 1. The summed E-state index contributed by atoms with van der Waals surface area (Å²) in [7, 11) is 0. The lowest BCUT2D eigenvalue weighted by Crippen LogP contribution is -2.54. The molecule has 3 rings (SSSR count). The summed E-state index contributed by atoms with van der Waals surface area (Å²) in [5.74, 6) is -2.14. The van der Waals surface area contributed by atoms with Gasteiger partial charge in [-0.05, 0) is 45.7 Å². The van der Waals surface area contributed by atoms with Gasteiger partial charge in [-0.3, -0.25) is 29.4 Å². The number of aliphatic hydroxyl groups excluding tert-OH is 1. The third-order valence-electron chi connectivity index (χ3n) is 5.71. The molecular weight excluding hydrogens is 430 g/mol. The average molecular weight is 462 g/mol. The number of imide groups is 2. The number of carbonyl (C=O) groups is 4. The molecule has 2 unspecified atom stereocenters. The van der Waals surface area contributed by atoms with Crippen molar-refractivity contribution in [3.8, 4) is 0 Å². The van der Waals surface area contributed by atoms with Gasteiger partial charge in [0.25, 0.3) is 11.8 Å². The van der Waals surface area contributed by atoms with Crippen LogP contribution in [0.3, 0.4) is 0 Å². The predicted octanol–water partition coefficient (Wildman–Crippen LogP) is 1.08. The Kier molecular flexibility index (Phi) is 7.83. The van der Waals surface area contributed by atoms with Gasteiger partial charge < -0.3 is 19.9 Å². The van der Waals surface area contributed by atoms with E-state index in [2.05, 4.69) is 10.6 Å². The van der Waals surface area contributed by atoms with E-state index < -0.39 is 35.3 Å². The Labute approximate surface area is 192 Å². The van der Waals surface area contributed by atoms with Gasteiger partial charge in [-0.25, -0.2) is 0 Å². The number of anilines is 1. The summed E-state index contributed by atoms with van der Waals surface area (Å²) in [5.41, 5.74) is 0.492. The van der Waals surface area contributed by atoms with Crippen molar-refractivity contribution in [2.24, 2.45) is 0 Å². The maximum absolute atomic E-state index is 13.1. The van der Waals surface area contributed by atoms with Crippen LogP contribution in [0.2, 0.25) is 0 Å². The Balaban J connectivity index is 1.57. The lowest BCUT2D eigenvalue weighted by Gasteiger charge is -2.27. The van der Waals surface area contributed by atoms with E-state index in [4.69, 9.17) is 14.6 Å². The number of hydrogen-bond donors (Lipinski definition) is 3. The van der Waals surface area contributed by atoms with Crippen molar-refractivity contribution < 1.29 is 33.8 Å². The highest BCUT2D eigenvalue weighted by molar-refractivity contribution is 6.25.